The van der Waals surface area contributed by atoms with E-state index in [-0.39, 0.29) is 17.9 Å². The average Bonchev–Trinajstić information content (AvgIpc) is 2.24. The van der Waals surface area contributed by atoms with Crippen LogP contribution >= 0.6 is 11.6 Å². The zero-order chi connectivity index (χ0) is 13.0. The minimum Gasteiger partial charge on any atom is -0.507 e. The number of carbonyl (C=O) groups excluding carboxylic acids is 1. The second-order valence-electron chi connectivity index (χ2n) is 3.85. The first kappa shape index (κ1) is 13.8. The van der Waals surface area contributed by atoms with Crippen LogP contribution in [0.5, 0.6) is 5.75 Å². The summed E-state index contributed by atoms with van der Waals surface area (Å²) in [5, 5.41) is 9.83. The number of halogens is 1. The van der Waals surface area contributed by atoms with Gasteiger partial charge in [-0.25, -0.2) is 4.79 Å². The van der Waals surface area contributed by atoms with Crippen molar-refractivity contribution < 1.29 is 14.6 Å². The lowest BCUT2D eigenvalue weighted by Crippen LogP contribution is -2.10. The Morgan fingerprint density at radius 2 is 2.12 bits per heavy atom. The molecule has 0 aliphatic carbocycles. The molecule has 0 spiro atoms. The van der Waals surface area contributed by atoms with Crippen molar-refractivity contribution >= 4 is 17.6 Å². The Kier molecular flexibility index (Phi) is 4.82. The highest BCUT2D eigenvalue weighted by Gasteiger charge is 2.19. The SMILES string of the molecule is CCOC(=O)c1c(O)cc(C)c(CCCl)c1C. The molecular formula is C13H17ClO3. The van der Waals surface area contributed by atoms with E-state index in [1.807, 2.05) is 6.92 Å². The number of carbonyl (C=O) groups is 1. The van der Waals surface area contributed by atoms with Gasteiger partial charge in [0.15, 0.2) is 0 Å². The van der Waals surface area contributed by atoms with Gasteiger partial charge < -0.3 is 9.84 Å². The summed E-state index contributed by atoms with van der Waals surface area (Å²) in [6.07, 6.45) is 0.673. The smallest absolute Gasteiger partial charge is 0.342 e. The van der Waals surface area contributed by atoms with E-state index in [4.69, 9.17) is 16.3 Å². The molecule has 0 unspecified atom stereocenters. The molecule has 1 rings (SSSR count). The van der Waals surface area contributed by atoms with E-state index in [9.17, 15) is 9.90 Å². The molecule has 4 heteroatoms. The number of phenolic OH excluding ortho intramolecular Hbond substituents is 1. The van der Waals surface area contributed by atoms with Crippen molar-refractivity contribution in [3.8, 4) is 5.75 Å². The first-order valence-corrected chi connectivity index (χ1v) is 6.11. The summed E-state index contributed by atoms with van der Waals surface area (Å²) in [6.45, 7) is 5.72. The van der Waals surface area contributed by atoms with Crippen LogP contribution < -0.4 is 0 Å². The summed E-state index contributed by atoms with van der Waals surface area (Å²) < 4.78 is 4.93. The first-order chi connectivity index (χ1) is 8.02. The fraction of sp³-hybridized carbons (Fsp3) is 0.462. The minimum absolute atomic E-state index is 0.0308. The summed E-state index contributed by atoms with van der Waals surface area (Å²) in [4.78, 5) is 11.7. The fourth-order valence-corrected chi connectivity index (χ4v) is 2.13. The third-order valence-electron chi connectivity index (χ3n) is 2.74. The first-order valence-electron chi connectivity index (χ1n) is 5.58. The van der Waals surface area contributed by atoms with Crippen LogP contribution in [0.3, 0.4) is 0 Å². The Morgan fingerprint density at radius 3 is 2.65 bits per heavy atom. The number of hydrogen-bond acceptors (Lipinski definition) is 3. The standard InChI is InChI=1S/C13H17ClO3/c1-4-17-13(16)12-9(3)10(5-6-14)8(2)7-11(12)15/h7,15H,4-6H2,1-3H3. The maximum absolute atomic E-state index is 11.7. The zero-order valence-corrected chi connectivity index (χ0v) is 11.1. The van der Waals surface area contributed by atoms with Gasteiger partial charge in [0.2, 0.25) is 0 Å². The number of hydrogen-bond donors (Lipinski definition) is 1. The third-order valence-corrected chi connectivity index (χ3v) is 2.93. The van der Waals surface area contributed by atoms with E-state index >= 15 is 0 Å². The molecule has 0 aromatic heterocycles. The van der Waals surface area contributed by atoms with Crippen molar-refractivity contribution in [3.05, 3.63) is 28.3 Å². The lowest BCUT2D eigenvalue weighted by atomic mass is 9.95. The van der Waals surface area contributed by atoms with Crippen LogP contribution in [-0.2, 0) is 11.2 Å². The lowest BCUT2D eigenvalue weighted by molar-refractivity contribution is 0.0522. The minimum atomic E-state index is -0.488. The van der Waals surface area contributed by atoms with E-state index in [2.05, 4.69) is 0 Å². The summed E-state index contributed by atoms with van der Waals surface area (Å²) in [6, 6.07) is 1.58. The van der Waals surface area contributed by atoms with Crippen LogP contribution in [0.4, 0.5) is 0 Å². The molecule has 1 aromatic carbocycles. The van der Waals surface area contributed by atoms with Gasteiger partial charge in [-0.2, -0.15) is 0 Å². The molecular weight excluding hydrogens is 240 g/mol. The largest absolute Gasteiger partial charge is 0.507 e. The highest BCUT2D eigenvalue weighted by molar-refractivity contribution is 6.18. The van der Waals surface area contributed by atoms with Crippen LogP contribution in [0.25, 0.3) is 0 Å². The molecule has 3 nitrogen and oxygen atoms in total. The van der Waals surface area contributed by atoms with E-state index in [0.29, 0.717) is 12.3 Å². The second-order valence-corrected chi connectivity index (χ2v) is 4.23. The van der Waals surface area contributed by atoms with Gasteiger partial charge in [-0.3, -0.25) is 0 Å². The Morgan fingerprint density at radius 1 is 1.47 bits per heavy atom. The van der Waals surface area contributed by atoms with Gasteiger partial charge in [-0.15, -0.1) is 11.6 Å². The van der Waals surface area contributed by atoms with Crippen molar-refractivity contribution in [2.24, 2.45) is 0 Å². The number of ether oxygens (including phenoxy) is 1. The van der Waals surface area contributed by atoms with Gasteiger partial charge in [0.1, 0.15) is 11.3 Å². The van der Waals surface area contributed by atoms with Gasteiger partial charge in [-0.1, -0.05) is 0 Å². The molecule has 0 amide bonds. The Bertz CT molecular complexity index is 427. The summed E-state index contributed by atoms with van der Waals surface area (Å²) in [5.41, 5.74) is 2.94. The Balaban J connectivity index is 3.29. The lowest BCUT2D eigenvalue weighted by Gasteiger charge is -2.14. The van der Waals surface area contributed by atoms with E-state index in [1.165, 1.54) is 0 Å². The highest BCUT2D eigenvalue weighted by atomic mass is 35.5. The average molecular weight is 257 g/mol. The number of aromatic hydroxyl groups is 1. The molecule has 1 N–H and O–H groups in total. The zero-order valence-electron chi connectivity index (χ0n) is 10.3. The number of alkyl halides is 1. The van der Waals surface area contributed by atoms with Crippen molar-refractivity contribution in [1.29, 1.82) is 0 Å². The predicted molar refractivity (Wildman–Crippen MR) is 68.0 cm³/mol. The summed E-state index contributed by atoms with van der Waals surface area (Å²) in [5.74, 6) is -0.0376. The van der Waals surface area contributed by atoms with Crippen molar-refractivity contribution in [2.45, 2.75) is 27.2 Å². The van der Waals surface area contributed by atoms with Gasteiger partial charge in [0.25, 0.3) is 0 Å². The molecule has 0 heterocycles. The molecule has 17 heavy (non-hydrogen) atoms. The molecule has 0 saturated carbocycles. The molecule has 0 saturated heterocycles. The van der Waals surface area contributed by atoms with Crippen molar-refractivity contribution in [3.63, 3.8) is 0 Å². The number of rotatable bonds is 4. The molecule has 0 atom stereocenters. The topological polar surface area (TPSA) is 46.5 Å². The van der Waals surface area contributed by atoms with Gasteiger partial charge in [0, 0.05) is 5.88 Å². The van der Waals surface area contributed by atoms with Gasteiger partial charge >= 0.3 is 5.97 Å². The van der Waals surface area contributed by atoms with Crippen LogP contribution in [0.1, 0.15) is 34.0 Å². The fourth-order valence-electron chi connectivity index (χ4n) is 1.94. The second kappa shape index (κ2) is 5.92. The monoisotopic (exact) mass is 256 g/mol. The van der Waals surface area contributed by atoms with Crippen LogP contribution in [0.2, 0.25) is 0 Å². The molecule has 0 bridgehead atoms. The quantitative estimate of drug-likeness (QED) is 0.666. The Labute approximate surface area is 106 Å². The van der Waals surface area contributed by atoms with Crippen LogP contribution in [0, 0.1) is 13.8 Å². The predicted octanol–water partition coefficient (Wildman–Crippen LogP) is 2.97. The van der Waals surface area contributed by atoms with Gasteiger partial charge in [0.05, 0.1) is 6.61 Å². The summed E-state index contributed by atoms with van der Waals surface area (Å²) >= 11 is 5.73. The molecule has 0 radical (unpaired) electrons. The molecule has 0 aliphatic heterocycles. The molecule has 0 fully saturated rings. The van der Waals surface area contributed by atoms with E-state index < -0.39 is 5.97 Å². The molecule has 1 aromatic rings. The van der Waals surface area contributed by atoms with E-state index in [1.54, 1.807) is 19.9 Å². The van der Waals surface area contributed by atoms with E-state index in [0.717, 1.165) is 16.7 Å². The number of aryl methyl sites for hydroxylation is 1. The molecule has 94 valence electrons. The van der Waals surface area contributed by atoms with Gasteiger partial charge in [-0.05, 0) is 49.9 Å². The van der Waals surface area contributed by atoms with Crippen molar-refractivity contribution in [2.75, 3.05) is 12.5 Å². The normalized spacial score (nSPS) is 10.4. The third kappa shape index (κ3) is 2.91. The number of benzene rings is 1. The highest BCUT2D eigenvalue weighted by Crippen LogP contribution is 2.28. The van der Waals surface area contributed by atoms with Crippen LogP contribution in [0.15, 0.2) is 6.07 Å². The molecule has 0 aliphatic rings. The maximum Gasteiger partial charge on any atom is 0.342 e. The maximum atomic E-state index is 11.7. The number of phenols is 1. The summed E-state index contributed by atoms with van der Waals surface area (Å²) in [7, 11) is 0. The number of esters is 1. The Hall–Kier alpha value is -1.22. The van der Waals surface area contributed by atoms with Crippen LogP contribution in [-0.4, -0.2) is 23.6 Å². The van der Waals surface area contributed by atoms with Crippen molar-refractivity contribution in [1.82, 2.24) is 0 Å².